The normalized spacial score (nSPS) is 18.2. The molecule has 1 aliphatic heterocycles. The molecule has 0 aliphatic carbocycles. The molecular formula is C20H24N6. The van der Waals surface area contributed by atoms with Gasteiger partial charge in [-0.15, -0.1) is 0 Å². The summed E-state index contributed by atoms with van der Waals surface area (Å²) in [4.78, 5) is 23.8. The molecule has 0 radical (unpaired) electrons. The molecule has 0 saturated carbocycles. The van der Waals surface area contributed by atoms with Gasteiger partial charge in [-0.1, -0.05) is 12.5 Å². The Morgan fingerprint density at radius 1 is 1.19 bits per heavy atom. The highest BCUT2D eigenvalue weighted by atomic mass is 15.2. The number of imidazole rings is 1. The summed E-state index contributed by atoms with van der Waals surface area (Å²) >= 11 is 0. The predicted octanol–water partition coefficient (Wildman–Crippen LogP) is 3.61. The Hall–Kier alpha value is -2.60. The molecule has 0 unspecified atom stereocenters. The molecule has 0 bridgehead atoms. The number of likely N-dealkylation sites (tertiary alicyclic amines) is 1. The topological polar surface area (TPSA) is 70.6 Å². The van der Waals surface area contributed by atoms with Crippen molar-refractivity contribution in [2.24, 2.45) is 0 Å². The summed E-state index contributed by atoms with van der Waals surface area (Å²) < 4.78 is 0. The van der Waals surface area contributed by atoms with E-state index in [1.807, 2.05) is 38.5 Å². The van der Waals surface area contributed by atoms with Crippen molar-refractivity contribution in [1.82, 2.24) is 29.8 Å². The number of hydrogen-bond donors (Lipinski definition) is 1. The van der Waals surface area contributed by atoms with Gasteiger partial charge >= 0.3 is 0 Å². The SMILES string of the molecule is Cc1nc(-c2ncc(C)[nH]2)cc([C@@H]2CCCCN2Cc2cccnc2)n1. The first-order chi connectivity index (χ1) is 12.7. The molecular weight excluding hydrogens is 324 g/mol. The quantitative estimate of drug-likeness (QED) is 0.780. The lowest BCUT2D eigenvalue weighted by atomic mass is 9.98. The van der Waals surface area contributed by atoms with Gasteiger partial charge in [0.25, 0.3) is 0 Å². The molecule has 1 aliphatic rings. The van der Waals surface area contributed by atoms with Crippen LogP contribution in [0.4, 0.5) is 0 Å². The van der Waals surface area contributed by atoms with Crippen LogP contribution in [0.3, 0.4) is 0 Å². The van der Waals surface area contributed by atoms with Crippen LogP contribution in [0.15, 0.2) is 36.8 Å². The second kappa shape index (κ2) is 7.33. The summed E-state index contributed by atoms with van der Waals surface area (Å²) in [6.45, 7) is 5.94. The van der Waals surface area contributed by atoms with Crippen LogP contribution >= 0.6 is 0 Å². The predicted molar refractivity (Wildman–Crippen MR) is 100 cm³/mol. The molecule has 1 N–H and O–H groups in total. The van der Waals surface area contributed by atoms with Crippen molar-refractivity contribution in [2.45, 2.75) is 45.7 Å². The van der Waals surface area contributed by atoms with E-state index >= 15 is 0 Å². The molecule has 134 valence electrons. The third kappa shape index (κ3) is 3.65. The maximum atomic E-state index is 4.77. The van der Waals surface area contributed by atoms with E-state index in [0.29, 0.717) is 6.04 Å². The molecule has 3 aromatic rings. The van der Waals surface area contributed by atoms with E-state index in [0.717, 1.165) is 48.2 Å². The second-order valence-electron chi connectivity index (χ2n) is 6.98. The average molecular weight is 348 g/mol. The first-order valence-electron chi connectivity index (χ1n) is 9.19. The van der Waals surface area contributed by atoms with Gasteiger partial charge in [-0.2, -0.15) is 0 Å². The fourth-order valence-corrected chi connectivity index (χ4v) is 3.67. The Morgan fingerprint density at radius 2 is 2.12 bits per heavy atom. The largest absolute Gasteiger partial charge is 0.341 e. The summed E-state index contributed by atoms with van der Waals surface area (Å²) in [5.74, 6) is 1.60. The second-order valence-corrected chi connectivity index (χ2v) is 6.98. The zero-order valence-electron chi connectivity index (χ0n) is 15.3. The van der Waals surface area contributed by atoms with Gasteiger partial charge < -0.3 is 4.98 Å². The number of nitrogens with zero attached hydrogens (tertiary/aromatic N) is 5. The van der Waals surface area contributed by atoms with E-state index in [1.54, 1.807) is 0 Å². The van der Waals surface area contributed by atoms with Gasteiger partial charge in [-0.05, 0) is 50.9 Å². The lowest BCUT2D eigenvalue weighted by Crippen LogP contribution is -2.33. The van der Waals surface area contributed by atoms with Gasteiger partial charge in [0.1, 0.15) is 11.5 Å². The Morgan fingerprint density at radius 3 is 2.88 bits per heavy atom. The van der Waals surface area contributed by atoms with Crippen LogP contribution in [-0.2, 0) is 6.54 Å². The Kier molecular flexibility index (Phi) is 4.75. The van der Waals surface area contributed by atoms with Crippen molar-refractivity contribution in [3.8, 4) is 11.5 Å². The van der Waals surface area contributed by atoms with Gasteiger partial charge in [0.05, 0.1) is 11.7 Å². The van der Waals surface area contributed by atoms with E-state index in [4.69, 9.17) is 4.98 Å². The Balaban J connectivity index is 1.64. The van der Waals surface area contributed by atoms with Crippen LogP contribution in [0.1, 0.15) is 48.1 Å². The number of pyridine rings is 1. The maximum Gasteiger partial charge on any atom is 0.156 e. The average Bonchev–Trinajstić information content (AvgIpc) is 3.09. The van der Waals surface area contributed by atoms with E-state index in [9.17, 15) is 0 Å². The molecule has 26 heavy (non-hydrogen) atoms. The molecule has 1 atom stereocenters. The molecule has 0 amide bonds. The summed E-state index contributed by atoms with van der Waals surface area (Å²) in [6.07, 6.45) is 9.18. The zero-order chi connectivity index (χ0) is 17.9. The maximum absolute atomic E-state index is 4.77. The van der Waals surface area contributed by atoms with Crippen molar-refractivity contribution in [1.29, 1.82) is 0 Å². The molecule has 1 fully saturated rings. The van der Waals surface area contributed by atoms with E-state index < -0.39 is 0 Å². The molecule has 6 heteroatoms. The van der Waals surface area contributed by atoms with Gasteiger partial charge in [0.2, 0.25) is 0 Å². The standard InChI is InChI=1S/C20H24N6/c1-14-11-22-20(23-14)18-10-17(24-15(2)25-18)19-7-3-4-9-26(19)13-16-6-5-8-21-12-16/h5-6,8,10-12,19H,3-4,7,9,13H2,1-2H3,(H,22,23)/t19-/m0/s1. The number of aryl methyl sites for hydroxylation is 2. The highest BCUT2D eigenvalue weighted by molar-refractivity contribution is 5.50. The van der Waals surface area contributed by atoms with Crippen molar-refractivity contribution in [2.75, 3.05) is 6.54 Å². The Bertz CT molecular complexity index is 873. The number of H-pyrrole nitrogens is 1. The molecule has 3 aromatic heterocycles. The first-order valence-corrected chi connectivity index (χ1v) is 9.19. The van der Waals surface area contributed by atoms with Crippen molar-refractivity contribution >= 4 is 0 Å². The first kappa shape index (κ1) is 16.8. The number of hydrogen-bond acceptors (Lipinski definition) is 5. The summed E-state index contributed by atoms with van der Waals surface area (Å²) in [6, 6.07) is 6.54. The van der Waals surface area contributed by atoms with Crippen LogP contribution in [0, 0.1) is 13.8 Å². The van der Waals surface area contributed by atoms with Crippen molar-refractivity contribution in [3.63, 3.8) is 0 Å². The molecule has 1 saturated heterocycles. The van der Waals surface area contributed by atoms with E-state index in [1.165, 1.54) is 18.4 Å². The highest BCUT2D eigenvalue weighted by Gasteiger charge is 2.26. The fraction of sp³-hybridized carbons (Fsp3) is 0.400. The smallest absolute Gasteiger partial charge is 0.156 e. The van der Waals surface area contributed by atoms with Crippen LogP contribution in [0.5, 0.6) is 0 Å². The third-order valence-corrected chi connectivity index (χ3v) is 4.87. The molecule has 0 aromatic carbocycles. The van der Waals surface area contributed by atoms with Crippen LogP contribution in [-0.4, -0.2) is 36.4 Å². The molecule has 4 heterocycles. The van der Waals surface area contributed by atoms with Crippen molar-refractivity contribution < 1.29 is 0 Å². The van der Waals surface area contributed by atoms with Gasteiger partial charge in [0.15, 0.2) is 5.82 Å². The van der Waals surface area contributed by atoms with Crippen LogP contribution < -0.4 is 0 Å². The number of rotatable bonds is 4. The summed E-state index contributed by atoms with van der Waals surface area (Å²) in [7, 11) is 0. The number of piperidine rings is 1. The lowest BCUT2D eigenvalue weighted by Gasteiger charge is -2.35. The number of nitrogens with one attached hydrogen (secondary N) is 1. The van der Waals surface area contributed by atoms with Crippen molar-refractivity contribution in [3.05, 3.63) is 59.6 Å². The monoisotopic (exact) mass is 348 g/mol. The number of aromatic amines is 1. The van der Waals surface area contributed by atoms with Gasteiger partial charge in [-0.25, -0.2) is 15.0 Å². The summed E-state index contributed by atoms with van der Waals surface area (Å²) in [5, 5.41) is 0. The zero-order valence-corrected chi connectivity index (χ0v) is 15.3. The third-order valence-electron chi connectivity index (χ3n) is 4.87. The summed E-state index contributed by atoms with van der Waals surface area (Å²) in [5.41, 5.74) is 4.23. The molecule has 0 spiro atoms. The lowest BCUT2D eigenvalue weighted by molar-refractivity contribution is 0.137. The minimum Gasteiger partial charge on any atom is -0.341 e. The minimum atomic E-state index is 0.306. The van der Waals surface area contributed by atoms with Crippen LogP contribution in [0.2, 0.25) is 0 Å². The number of aromatic nitrogens is 5. The Labute approximate surface area is 153 Å². The van der Waals surface area contributed by atoms with E-state index in [-0.39, 0.29) is 0 Å². The van der Waals surface area contributed by atoms with Gasteiger partial charge in [-0.3, -0.25) is 9.88 Å². The van der Waals surface area contributed by atoms with Crippen LogP contribution in [0.25, 0.3) is 11.5 Å². The molecule has 6 nitrogen and oxygen atoms in total. The minimum absolute atomic E-state index is 0.306. The molecule has 4 rings (SSSR count). The van der Waals surface area contributed by atoms with E-state index in [2.05, 4.69) is 37.0 Å². The highest BCUT2D eigenvalue weighted by Crippen LogP contribution is 2.32. The fourth-order valence-electron chi connectivity index (χ4n) is 3.67. The van der Waals surface area contributed by atoms with Gasteiger partial charge in [0, 0.05) is 30.8 Å².